The predicted octanol–water partition coefficient (Wildman–Crippen LogP) is 2.66. The van der Waals surface area contributed by atoms with Gasteiger partial charge in [0.2, 0.25) is 0 Å². The van der Waals surface area contributed by atoms with E-state index in [1.165, 1.54) is 0 Å². The lowest BCUT2D eigenvalue weighted by Gasteiger charge is -1.94. The number of hydrogen-bond donors (Lipinski definition) is 3. The molecule has 0 aliphatic heterocycles. The van der Waals surface area contributed by atoms with Crippen molar-refractivity contribution >= 4 is 18.3 Å². The zero-order valence-corrected chi connectivity index (χ0v) is 11.2. The van der Waals surface area contributed by atoms with Crippen molar-refractivity contribution < 1.29 is 0 Å². The fourth-order valence-electron chi connectivity index (χ4n) is 0. The van der Waals surface area contributed by atoms with Crippen LogP contribution in [0.15, 0.2) is 38.0 Å². The van der Waals surface area contributed by atoms with Crippen LogP contribution in [-0.2, 0) is 11.8 Å². The zero-order valence-electron chi connectivity index (χ0n) is 9.44. The minimum atomic E-state index is -2.31. The summed E-state index contributed by atoms with van der Waals surface area (Å²) in [5.41, 5.74) is 14.5. The molecule has 14 heavy (non-hydrogen) atoms. The smallest absolute Gasteiger partial charge is 0.129 e. The van der Waals surface area contributed by atoms with Crippen molar-refractivity contribution in [2.45, 2.75) is 20.8 Å². The molecule has 0 aliphatic rings. The minimum absolute atomic E-state index is 1.75. The van der Waals surface area contributed by atoms with Crippen LogP contribution in [0.25, 0.3) is 0 Å². The maximum absolute atomic E-state index is 4.84. The molecule has 0 heterocycles. The highest BCUT2D eigenvalue weighted by molar-refractivity contribution is 8.11. The third-order valence-electron chi connectivity index (χ3n) is 0. The SMILES string of the molecule is C=CC.C=CC.C=CC.NP(N)(N)=S. The summed E-state index contributed by atoms with van der Waals surface area (Å²) in [5, 5.41) is 0. The van der Waals surface area contributed by atoms with Crippen LogP contribution >= 0.6 is 6.49 Å². The van der Waals surface area contributed by atoms with Crippen LogP contribution < -0.4 is 16.5 Å². The highest BCUT2D eigenvalue weighted by Crippen LogP contribution is 2.07. The van der Waals surface area contributed by atoms with Gasteiger partial charge in [0.25, 0.3) is 0 Å². The average Bonchev–Trinajstić information content (AvgIpc) is 1.86. The summed E-state index contributed by atoms with van der Waals surface area (Å²) in [6, 6.07) is 0. The summed E-state index contributed by atoms with van der Waals surface area (Å²) in [7, 11) is 0. The van der Waals surface area contributed by atoms with Crippen LogP contribution in [0.1, 0.15) is 20.8 Å². The normalized spacial score (nSPS) is 7.00. The van der Waals surface area contributed by atoms with Gasteiger partial charge in [0.15, 0.2) is 0 Å². The molecular weight excluding hydrogens is 213 g/mol. The van der Waals surface area contributed by atoms with Crippen LogP contribution in [0, 0.1) is 0 Å². The van der Waals surface area contributed by atoms with Crippen molar-refractivity contribution in [3.8, 4) is 0 Å². The molecule has 0 saturated heterocycles. The third-order valence-corrected chi connectivity index (χ3v) is 0. The maximum atomic E-state index is 4.84. The molecule has 0 fully saturated rings. The van der Waals surface area contributed by atoms with Crippen molar-refractivity contribution in [2.75, 3.05) is 0 Å². The summed E-state index contributed by atoms with van der Waals surface area (Å²) in [4.78, 5) is 0. The molecule has 0 radical (unpaired) electrons. The second-order valence-corrected chi connectivity index (χ2v) is 5.41. The van der Waals surface area contributed by atoms with E-state index in [4.69, 9.17) is 16.5 Å². The molecule has 0 aromatic carbocycles. The lowest BCUT2D eigenvalue weighted by Crippen LogP contribution is -2.11. The molecule has 0 bridgehead atoms. The quantitative estimate of drug-likeness (QED) is 0.447. The molecule has 0 unspecified atom stereocenters. The van der Waals surface area contributed by atoms with Gasteiger partial charge < -0.3 is 0 Å². The van der Waals surface area contributed by atoms with Gasteiger partial charge in [0.05, 0.1) is 0 Å². The number of rotatable bonds is 0. The Labute approximate surface area is 93.9 Å². The van der Waals surface area contributed by atoms with Gasteiger partial charge in [0, 0.05) is 0 Å². The van der Waals surface area contributed by atoms with E-state index >= 15 is 0 Å². The highest BCUT2D eigenvalue weighted by atomic mass is 32.4. The summed E-state index contributed by atoms with van der Waals surface area (Å²) in [6.45, 7) is 13.4. The first-order chi connectivity index (χ1) is 6.24. The van der Waals surface area contributed by atoms with Crippen LogP contribution in [0.2, 0.25) is 0 Å². The Morgan fingerprint density at radius 1 is 0.857 bits per heavy atom. The molecule has 6 N–H and O–H groups in total. The van der Waals surface area contributed by atoms with Crippen molar-refractivity contribution in [2.24, 2.45) is 16.5 Å². The predicted molar refractivity (Wildman–Crippen MR) is 74.5 cm³/mol. The van der Waals surface area contributed by atoms with E-state index in [-0.39, 0.29) is 0 Å². The Hall–Kier alpha value is -0.250. The van der Waals surface area contributed by atoms with Crippen molar-refractivity contribution in [1.29, 1.82) is 0 Å². The molecule has 0 spiro atoms. The van der Waals surface area contributed by atoms with E-state index < -0.39 is 6.49 Å². The topological polar surface area (TPSA) is 78.1 Å². The first kappa shape index (κ1) is 23.5. The molecule has 0 rings (SSSR count). The summed E-state index contributed by atoms with van der Waals surface area (Å²) >= 11 is 4.27. The molecule has 3 nitrogen and oxygen atoms in total. The van der Waals surface area contributed by atoms with Gasteiger partial charge in [-0.1, -0.05) is 18.2 Å². The van der Waals surface area contributed by atoms with Gasteiger partial charge in [-0.3, -0.25) is 16.5 Å². The number of allylic oxidation sites excluding steroid dienone is 3. The monoisotopic (exact) mass is 237 g/mol. The first-order valence-corrected chi connectivity index (χ1v) is 6.92. The zero-order chi connectivity index (χ0) is 12.6. The Morgan fingerprint density at radius 3 is 0.857 bits per heavy atom. The molecule has 0 aromatic rings. The van der Waals surface area contributed by atoms with Gasteiger partial charge in [0.1, 0.15) is 6.49 Å². The molecule has 5 heteroatoms. The van der Waals surface area contributed by atoms with Gasteiger partial charge in [-0.05, 0) is 32.6 Å². The fraction of sp³-hybridized carbons (Fsp3) is 0.333. The molecular formula is C9H24N3PS. The van der Waals surface area contributed by atoms with Gasteiger partial charge in [-0.15, -0.1) is 19.7 Å². The van der Waals surface area contributed by atoms with Gasteiger partial charge >= 0.3 is 0 Å². The minimum Gasteiger partial charge on any atom is -0.280 e. The lowest BCUT2D eigenvalue weighted by molar-refractivity contribution is 1.68. The molecule has 0 saturated carbocycles. The average molecular weight is 237 g/mol. The lowest BCUT2D eigenvalue weighted by atomic mass is 10.8. The Balaban J connectivity index is -0.0000000495. The van der Waals surface area contributed by atoms with E-state index in [0.29, 0.717) is 0 Å². The van der Waals surface area contributed by atoms with Gasteiger partial charge in [-0.2, -0.15) is 0 Å². The third kappa shape index (κ3) is 21700. The standard InChI is InChI=1S/3C3H6.H6N3PS/c3*1-3-2;1-4(2,3)5/h3*3H,1H2,2H3;(H6,1,2,3,5). The first-order valence-electron chi connectivity index (χ1n) is 3.91. The van der Waals surface area contributed by atoms with Crippen LogP contribution in [-0.4, -0.2) is 0 Å². The highest BCUT2D eigenvalue weighted by Gasteiger charge is 1.82. The second kappa shape index (κ2) is 23.0. The van der Waals surface area contributed by atoms with Crippen molar-refractivity contribution in [1.82, 2.24) is 0 Å². The molecule has 0 aromatic heterocycles. The van der Waals surface area contributed by atoms with Crippen LogP contribution in [0.4, 0.5) is 0 Å². The van der Waals surface area contributed by atoms with Crippen LogP contribution in [0.5, 0.6) is 0 Å². The van der Waals surface area contributed by atoms with Crippen molar-refractivity contribution in [3.63, 3.8) is 0 Å². The summed E-state index contributed by atoms with van der Waals surface area (Å²) in [5.74, 6) is 0. The van der Waals surface area contributed by atoms with Gasteiger partial charge in [-0.25, -0.2) is 0 Å². The number of nitrogens with two attached hydrogens (primary N) is 3. The van der Waals surface area contributed by atoms with E-state index in [2.05, 4.69) is 31.5 Å². The maximum Gasteiger partial charge on any atom is 0.129 e. The van der Waals surface area contributed by atoms with E-state index in [1.807, 2.05) is 20.8 Å². The van der Waals surface area contributed by atoms with E-state index in [9.17, 15) is 0 Å². The summed E-state index contributed by atoms with van der Waals surface area (Å²) in [6.07, 6.45) is 5.25. The van der Waals surface area contributed by atoms with Crippen LogP contribution in [0.3, 0.4) is 0 Å². The number of hydrogen-bond acceptors (Lipinski definition) is 1. The Kier molecular flexibility index (Phi) is 38.6. The molecule has 0 aliphatic carbocycles. The molecule has 86 valence electrons. The Bertz CT molecular complexity index is 141. The van der Waals surface area contributed by atoms with Crippen molar-refractivity contribution in [3.05, 3.63) is 38.0 Å². The van der Waals surface area contributed by atoms with E-state index in [1.54, 1.807) is 18.2 Å². The fourth-order valence-corrected chi connectivity index (χ4v) is 0. The molecule has 0 amide bonds. The molecule has 0 atom stereocenters. The largest absolute Gasteiger partial charge is 0.280 e. The second-order valence-electron chi connectivity index (χ2n) is 1.99. The Morgan fingerprint density at radius 2 is 0.857 bits per heavy atom. The van der Waals surface area contributed by atoms with E-state index in [0.717, 1.165) is 0 Å². The summed E-state index contributed by atoms with van der Waals surface area (Å²) < 4.78 is 0.